The van der Waals surface area contributed by atoms with Crippen molar-refractivity contribution in [2.45, 2.75) is 32.9 Å². The molecule has 136 valence electrons. The van der Waals surface area contributed by atoms with Crippen LogP contribution in [0.1, 0.15) is 37.6 Å². The average molecular weight is 355 g/mol. The van der Waals surface area contributed by atoms with Gasteiger partial charge < -0.3 is 19.5 Å². The number of phenols is 1. The van der Waals surface area contributed by atoms with Crippen LogP contribution < -0.4 is 0 Å². The van der Waals surface area contributed by atoms with Crippen LogP contribution in [0.15, 0.2) is 58.4 Å². The van der Waals surface area contributed by atoms with Crippen LogP contribution in [-0.2, 0) is 16.1 Å². The van der Waals surface area contributed by atoms with Gasteiger partial charge in [-0.15, -0.1) is 0 Å². The van der Waals surface area contributed by atoms with Crippen LogP contribution in [0.3, 0.4) is 0 Å². The van der Waals surface area contributed by atoms with E-state index in [4.69, 9.17) is 4.42 Å². The van der Waals surface area contributed by atoms with Crippen molar-refractivity contribution in [2.24, 2.45) is 5.92 Å². The number of carbonyl (C=O) groups excluding carboxylic acids is 2. The van der Waals surface area contributed by atoms with E-state index in [1.807, 2.05) is 13.8 Å². The number of furan rings is 1. The highest BCUT2D eigenvalue weighted by Crippen LogP contribution is 2.40. The highest BCUT2D eigenvalue weighted by Gasteiger charge is 2.43. The Labute approximate surface area is 151 Å². The van der Waals surface area contributed by atoms with Gasteiger partial charge in [0.1, 0.15) is 11.5 Å². The molecule has 1 unspecified atom stereocenters. The van der Waals surface area contributed by atoms with Gasteiger partial charge in [-0.25, -0.2) is 0 Å². The number of rotatable bonds is 6. The zero-order valence-corrected chi connectivity index (χ0v) is 14.7. The first kappa shape index (κ1) is 17.8. The maximum Gasteiger partial charge on any atom is 0.290 e. The van der Waals surface area contributed by atoms with Crippen molar-refractivity contribution in [2.75, 3.05) is 0 Å². The normalized spacial score (nSPS) is 17.4. The van der Waals surface area contributed by atoms with Crippen LogP contribution in [0.25, 0.3) is 0 Å². The van der Waals surface area contributed by atoms with Crippen LogP contribution in [0, 0.1) is 5.92 Å². The van der Waals surface area contributed by atoms with Gasteiger partial charge in [-0.2, -0.15) is 0 Å². The van der Waals surface area contributed by atoms with E-state index in [-0.39, 0.29) is 36.0 Å². The zero-order chi connectivity index (χ0) is 18.8. The summed E-state index contributed by atoms with van der Waals surface area (Å²) in [5, 5.41) is 20.0. The number of hydrogen-bond acceptors (Lipinski definition) is 5. The summed E-state index contributed by atoms with van der Waals surface area (Å²) in [4.78, 5) is 26.8. The summed E-state index contributed by atoms with van der Waals surface area (Å²) in [6.07, 6.45) is 1.74. The molecule has 6 nitrogen and oxygen atoms in total. The highest BCUT2D eigenvalue weighted by molar-refractivity contribution is 6.08. The van der Waals surface area contributed by atoms with Gasteiger partial charge in [0.2, 0.25) is 0 Å². The van der Waals surface area contributed by atoms with E-state index in [0.717, 1.165) is 0 Å². The number of aromatic hydroxyl groups is 1. The number of hydrogen-bond donors (Lipinski definition) is 2. The van der Waals surface area contributed by atoms with Crippen LogP contribution in [-0.4, -0.2) is 26.8 Å². The molecule has 2 aromatic rings. The number of Topliss-reactive ketones (excluding diaryl/α,β-unsaturated/α-hetero) is 1. The lowest BCUT2D eigenvalue weighted by Crippen LogP contribution is -2.30. The van der Waals surface area contributed by atoms with Gasteiger partial charge in [0, 0.05) is 6.42 Å². The Hall–Kier alpha value is -3.02. The minimum Gasteiger partial charge on any atom is -0.508 e. The Morgan fingerprint density at radius 1 is 1.19 bits per heavy atom. The molecule has 0 saturated heterocycles. The minimum atomic E-state index is -0.723. The van der Waals surface area contributed by atoms with E-state index in [9.17, 15) is 19.8 Å². The first-order valence-corrected chi connectivity index (χ1v) is 8.47. The van der Waals surface area contributed by atoms with Crippen LogP contribution in [0.5, 0.6) is 5.75 Å². The molecule has 2 heterocycles. The molecule has 0 saturated carbocycles. The maximum absolute atomic E-state index is 12.7. The standard InChI is InChI=1S/C20H21NO5/c1-12(2)10-16(23)17-18(13-5-7-14(22)8-6-13)21(20(25)19(17)24)11-15-4-3-9-26-15/h3-9,12,18,22,24H,10-11H2,1-2H3. The van der Waals surface area contributed by atoms with Crippen molar-refractivity contribution in [3.05, 3.63) is 65.3 Å². The minimum absolute atomic E-state index is 0.0823. The van der Waals surface area contributed by atoms with Crippen LogP contribution in [0.2, 0.25) is 0 Å². The second-order valence-corrected chi connectivity index (χ2v) is 6.79. The van der Waals surface area contributed by atoms with Gasteiger partial charge in [-0.3, -0.25) is 9.59 Å². The molecule has 0 spiro atoms. The fourth-order valence-corrected chi connectivity index (χ4v) is 3.16. The number of ketones is 1. The molecule has 26 heavy (non-hydrogen) atoms. The van der Waals surface area contributed by atoms with Crippen molar-refractivity contribution in [1.82, 2.24) is 4.90 Å². The van der Waals surface area contributed by atoms with Crippen molar-refractivity contribution in [1.29, 1.82) is 0 Å². The Morgan fingerprint density at radius 3 is 2.46 bits per heavy atom. The molecule has 3 rings (SSSR count). The molecule has 0 aliphatic carbocycles. The predicted molar refractivity (Wildman–Crippen MR) is 94.2 cm³/mol. The molecule has 1 aliphatic rings. The van der Waals surface area contributed by atoms with Gasteiger partial charge in [0.25, 0.3) is 5.91 Å². The molecule has 6 heteroatoms. The van der Waals surface area contributed by atoms with Gasteiger partial charge in [-0.05, 0) is 35.7 Å². The zero-order valence-electron chi connectivity index (χ0n) is 14.7. The van der Waals surface area contributed by atoms with E-state index < -0.39 is 17.7 Å². The molecule has 1 amide bonds. The molecule has 1 aliphatic heterocycles. The second-order valence-electron chi connectivity index (χ2n) is 6.79. The Balaban J connectivity index is 2.03. The Morgan fingerprint density at radius 2 is 1.88 bits per heavy atom. The first-order chi connectivity index (χ1) is 12.4. The Bertz CT molecular complexity index is 834. The van der Waals surface area contributed by atoms with Gasteiger partial charge >= 0.3 is 0 Å². The number of aliphatic hydroxyl groups excluding tert-OH is 1. The smallest absolute Gasteiger partial charge is 0.290 e. The number of nitrogens with zero attached hydrogens (tertiary/aromatic N) is 1. The summed E-state index contributed by atoms with van der Waals surface area (Å²) in [5.41, 5.74) is 0.736. The third kappa shape index (κ3) is 3.35. The third-order valence-electron chi connectivity index (χ3n) is 4.31. The fourth-order valence-electron chi connectivity index (χ4n) is 3.16. The van der Waals surface area contributed by atoms with Gasteiger partial charge in [-0.1, -0.05) is 26.0 Å². The second kappa shape index (κ2) is 7.07. The molecule has 1 aromatic carbocycles. The first-order valence-electron chi connectivity index (χ1n) is 8.47. The van der Waals surface area contributed by atoms with E-state index in [1.165, 1.54) is 23.3 Å². The van der Waals surface area contributed by atoms with E-state index in [2.05, 4.69) is 0 Å². The number of benzene rings is 1. The summed E-state index contributed by atoms with van der Waals surface area (Å²) < 4.78 is 5.32. The average Bonchev–Trinajstić information content (AvgIpc) is 3.17. The highest BCUT2D eigenvalue weighted by atomic mass is 16.3. The van der Waals surface area contributed by atoms with Gasteiger partial charge in [0.15, 0.2) is 11.5 Å². The molecule has 1 atom stereocenters. The van der Waals surface area contributed by atoms with E-state index in [0.29, 0.717) is 11.3 Å². The third-order valence-corrected chi connectivity index (χ3v) is 4.31. The lowest BCUT2D eigenvalue weighted by Gasteiger charge is -2.26. The molecular weight excluding hydrogens is 334 g/mol. The van der Waals surface area contributed by atoms with E-state index >= 15 is 0 Å². The Kier molecular flexibility index (Phi) is 4.84. The molecular formula is C20H21NO5. The lowest BCUT2D eigenvalue weighted by atomic mass is 9.92. The molecule has 0 radical (unpaired) electrons. The van der Waals surface area contributed by atoms with Crippen LogP contribution >= 0.6 is 0 Å². The monoisotopic (exact) mass is 355 g/mol. The van der Waals surface area contributed by atoms with Crippen molar-refractivity contribution < 1.29 is 24.2 Å². The predicted octanol–water partition coefficient (Wildman–Crippen LogP) is 3.50. The van der Waals surface area contributed by atoms with Crippen molar-refractivity contribution in [3.63, 3.8) is 0 Å². The summed E-state index contributed by atoms with van der Waals surface area (Å²) in [5.74, 6) is -0.651. The lowest BCUT2D eigenvalue weighted by molar-refractivity contribution is -0.130. The fraction of sp³-hybridized carbons (Fsp3) is 0.300. The molecule has 0 fully saturated rings. The van der Waals surface area contributed by atoms with E-state index in [1.54, 1.807) is 24.3 Å². The SMILES string of the molecule is CC(C)CC(=O)C1=C(O)C(=O)N(Cc2ccco2)C1c1ccc(O)cc1. The number of aliphatic hydroxyl groups is 1. The van der Waals surface area contributed by atoms with Crippen molar-refractivity contribution in [3.8, 4) is 5.75 Å². The number of amides is 1. The summed E-state index contributed by atoms with van der Waals surface area (Å²) in [6.45, 7) is 3.94. The molecule has 1 aromatic heterocycles. The quantitative estimate of drug-likeness (QED) is 0.828. The van der Waals surface area contributed by atoms with Crippen LogP contribution in [0.4, 0.5) is 0 Å². The number of carbonyl (C=O) groups is 2. The summed E-state index contributed by atoms with van der Waals surface area (Å²) in [6, 6.07) is 8.98. The number of phenolic OH excluding ortho intramolecular Hbond substituents is 1. The largest absolute Gasteiger partial charge is 0.508 e. The van der Waals surface area contributed by atoms with Gasteiger partial charge in [0.05, 0.1) is 24.4 Å². The molecule has 0 bridgehead atoms. The maximum atomic E-state index is 12.7. The molecule has 2 N–H and O–H groups in total. The summed E-state index contributed by atoms with van der Waals surface area (Å²) in [7, 11) is 0. The summed E-state index contributed by atoms with van der Waals surface area (Å²) >= 11 is 0. The topological polar surface area (TPSA) is 91.0 Å². The van der Waals surface area contributed by atoms with Crippen molar-refractivity contribution >= 4 is 11.7 Å².